The standard InChI is InChI=1S/C20H20N4O2/c25-19-13-4-1-2-5-14(13)20-18-16(23-26-20)7-6-15(17(18)19)22-8-3-10-24-11-9-21-12-24/h1-2,4-7,21-22H,3,8-12H2. The average Bonchev–Trinajstić information content (AvgIpc) is 3.34. The van der Waals surface area contributed by atoms with Gasteiger partial charge in [0.25, 0.3) is 0 Å². The lowest BCUT2D eigenvalue weighted by molar-refractivity contribution is 0.104. The molecule has 1 aliphatic heterocycles. The number of hydrogen-bond acceptors (Lipinski definition) is 6. The summed E-state index contributed by atoms with van der Waals surface area (Å²) in [7, 11) is 0. The number of benzene rings is 2. The van der Waals surface area contributed by atoms with E-state index in [0.29, 0.717) is 16.9 Å². The average molecular weight is 348 g/mol. The second kappa shape index (κ2) is 6.23. The molecule has 1 aromatic heterocycles. The lowest BCUT2D eigenvalue weighted by atomic mass is 9.87. The Hall–Kier alpha value is -2.70. The molecule has 2 N–H and O–H groups in total. The van der Waals surface area contributed by atoms with Crippen LogP contribution in [-0.2, 0) is 0 Å². The molecule has 26 heavy (non-hydrogen) atoms. The minimum Gasteiger partial charge on any atom is -0.384 e. The summed E-state index contributed by atoms with van der Waals surface area (Å²) in [5.41, 5.74) is 3.77. The van der Waals surface area contributed by atoms with E-state index in [1.165, 1.54) is 0 Å². The van der Waals surface area contributed by atoms with Crippen LogP contribution in [0.1, 0.15) is 22.3 Å². The first kappa shape index (κ1) is 15.5. The van der Waals surface area contributed by atoms with E-state index in [-0.39, 0.29) is 5.78 Å². The first-order valence-electron chi connectivity index (χ1n) is 9.06. The van der Waals surface area contributed by atoms with Crippen molar-refractivity contribution in [3.05, 3.63) is 47.5 Å². The molecule has 1 fully saturated rings. The van der Waals surface area contributed by atoms with Crippen molar-refractivity contribution in [1.29, 1.82) is 0 Å². The monoisotopic (exact) mass is 348 g/mol. The number of carbonyl (C=O) groups is 1. The molecule has 0 atom stereocenters. The van der Waals surface area contributed by atoms with E-state index in [1.807, 2.05) is 36.4 Å². The van der Waals surface area contributed by atoms with Gasteiger partial charge in [0.15, 0.2) is 11.5 Å². The van der Waals surface area contributed by atoms with Gasteiger partial charge < -0.3 is 15.2 Å². The SMILES string of the molecule is O=C1c2ccccc2-c2onc3ccc(NCCCN4CCNC4)c1c23. The van der Waals surface area contributed by atoms with E-state index in [2.05, 4.69) is 20.7 Å². The third-order valence-corrected chi connectivity index (χ3v) is 5.20. The first-order chi connectivity index (χ1) is 12.8. The van der Waals surface area contributed by atoms with Crippen LogP contribution >= 0.6 is 0 Å². The molecule has 0 spiro atoms. The number of anilines is 1. The smallest absolute Gasteiger partial charge is 0.196 e. The highest BCUT2D eigenvalue weighted by Gasteiger charge is 2.30. The van der Waals surface area contributed by atoms with Gasteiger partial charge in [0.05, 0.1) is 10.9 Å². The van der Waals surface area contributed by atoms with Crippen molar-refractivity contribution in [2.24, 2.45) is 0 Å². The van der Waals surface area contributed by atoms with Crippen LogP contribution in [0.3, 0.4) is 0 Å². The zero-order valence-corrected chi connectivity index (χ0v) is 14.4. The fraction of sp³-hybridized carbons (Fsp3) is 0.300. The van der Waals surface area contributed by atoms with Crippen molar-refractivity contribution in [1.82, 2.24) is 15.4 Å². The highest BCUT2D eigenvalue weighted by molar-refractivity contribution is 6.27. The van der Waals surface area contributed by atoms with Crippen molar-refractivity contribution in [3.63, 3.8) is 0 Å². The Morgan fingerprint density at radius 3 is 2.92 bits per heavy atom. The van der Waals surface area contributed by atoms with Crippen molar-refractivity contribution in [2.45, 2.75) is 6.42 Å². The highest BCUT2D eigenvalue weighted by atomic mass is 16.5. The molecule has 2 aromatic carbocycles. The van der Waals surface area contributed by atoms with E-state index in [0.717, 1.165) is 61.4 Å². The normalized spacial score (nSPS) is 16.2. The molecule has 0 radical (unpaired) electrons. The maximum Gasteiger partial charge on any atom is 0.196 e. The molecule has 0 saturated carbocycles. The molecule has 2 aliphatic rings. The summed E-state index contributed by atoms with van der Waals surface area (Å²) in [5.74, 6) is 0.727. The number of nitrogens with zero attached hydrogens (tertiary/aromatic N) is 2. The van der Waals surface area contributed by atoms with Crippen molar-refractivity contribution in [3.8, 4) is 11.3 Å². The van der Waals surface area contributed by atoms with Crippen molar-refractivity contribution >= 4 is 22.4 Å². The highest BCUT2D eigenvalue weighted by Crippen LogP contribution is 2.42. The molecule has 0 amide bonds. The van der Waals surface area contributed by atoms with Gasteiger partial charge in [0.2, 0.25) is 0 Å². The molecule has 5 rings (SSSR count). The molecule has 2 heterocycles. The van der Waals surface area contributed by atoms with E-state index in [4.69, 9.17) is 4.52 Å². The van der Waals surface area contributed by atoms with Gasteiger partial charge in [-0.15, -0.1) is 0 Å². The molecule has 6 nitrogen and oxygen atoms in total. The van der Waals surface area contributed by atoms with Crippen LogP contribution in [0.4, 0.5) is 5.69 Å². The molecule has 132 valence electrons. The number of aromatic nitrogens is 1. The summed E-state index contributed by atoms with van der Waals surface area (Å²) in [6.07, 6.45) is 1.03. The van der Waals surface area contributed by atoms with Crippen LogP contribution < -0.4 is 10.6 Å². The molecule has 0 bridgehead atoms. The Morgan fingerprint density at radius 2 is 2.08 bits per heavy atom. The number of ketones is 1. The molecule has 1 saturated heterocycles. The van der Waals surface area contributed by atoms with Crippen LogP contribution in [0, 0.1) is 0 Å². The van der Waals surface area contributed by atoms with Gasteiger partial charge in [-0.25, -0.2) is 0 Å². The van der Waals surface area contributed by atoms with Crippen LogP contribution in [0.5, 0.6) is 0 Å². The molecule has 1 aliphatic carbocycles. The Bertz CT molecular complexity index is 989. The first-order valence-corrected chi connectivity index (χ1v) is 9.06. The zero-order chi connectivity index (χ0) is 17.5. The Morgan fingerprint density at radius 1 is 1.19 bits per heavy atom. The minimum absolute atomic E-state index is 0.0353. The number of fused-ring (bicyclic) bond motifs is 2. The topological polar surface area (TPSA) is 70.4 Å². The summed E-state index contributed by atoms with van der Waals surface area (Å²) < 4.78 is 5.58. The van der Waals surface area contributed by atoms with Gasteiger partial charge in [0.1, 0.15) is 5.52 Å². The lowest BCUT2D eigenvalue weighted by Crippen LogP contribution is -2.25. The summed E-state index contributed by atoms with van der Waals surface area (Å²) >= 11 is 0. The van der Waals surface area contributed by atoms with Gasteiger partial charge in [-0.05, 0) is 18.6 Å². The van der Waals surface area contributed by atoms with E-state index >= 15 is 0 Å². The van der Waals surface area contributed by atoms with Gasteiger partial charge in [0, 0.05) is 49.7 Å². The fourth-order valence-corrected chi connectivity index (χ4v) is 3.89. The van der Waals surface area contributed by atoms with Gasteiger partial charge >= 0.3 is 0 Å². The number of carbonyl (C=O) groups excluding carboxylic acids is 1. The van der Waals surface area contributed by atoms with Crippen LogP contribution in [-0.4, -0.2) is 48.7 Å². The summed E-state index contributed by atoms with van der Waals surface area (Å²) in [4.78, 5) is 15.5. The van der Waals surface area contributed by atoms with E-state index in [1.54, 1.807) is 0 Å². The summed E-state index contributed by atoms with van der Waals surface area (Å²) in [5, 5.41) is 11.8. The van der Waals surface area contributed by atoms with E-state index in [9.17, 15) is 4.79 Å². The van der Waals surface area contributed by atoms with Crippen LogP contribution in [0.25, 0.3) is 22.2 Å². The molecule has 0 unspecified atom stereocenters. The van der Waals surface area contributed by atoms with Gasteiger partial charge in [-0.2, -0.15) is 0 Å². The second-order valence-electron chi connectivity index (χ2n) is 6.83. The minimum atomic E-state index is 0.0353. The Kier molecular flexibility index (Phi) is 3.72. The van der Waals surface area contributed by atoms with E-state index < -0.39 is 0 Å². The van der Waals surface area contributed by atoms with Gasteiger partial charge in [-0.3, -0.25) is 9.69 Å². The molecular formula is C20H20N4O2. The van der Waals surface area contributed by atoms with Crippen molar-refractivity contribution in [2.75, 3.05) is 38.2 Å². The maximum absolute atomic E-state index is 13.1. The summed E-state index contributed by atoms with van der Waals surface area (Å²) in [6.45, 7) is 5.02. The molecule has 6 heteroatoms. The van der Waals surface area contributed by atoms with Crippen molar-refractivity contribution < 1.29 is 9.32 Å². The second-order valence-corrected chi connectivity index (χ2v) is 6.83. The molecule has 3 aromatic rings. The maximum atomic E-state index is 13.1. The van der Waals surface area contributed by atoms with Crippen LogP contribution in [0.2, 0.25) is 0 Å². The lowest BCUT2D eigenvalue weighted by Gasteiger charge is -2.18. The van der Waals surface area contributed by atoms with Crippen LogP contribution in [0.15, 0.2) is 40.9 Å². The Balaban J connectivity index is 1.45. The number of rotatable bonds is 5. The third-order valence-electron chi connectivity index (χ3n) is 5.20. The van der Waals surface area contributed by atoms with Gasteiger partial charge in [-0.1, -0.05) is 29.4 Å². The zero-order valence-electron chi connectivity index (χ0n) is 14.4. The fourth-order valence-electron chi connectivity index (χ4n) is 3.89. The quantitative estimate of drug-likeness (QED) is 0.541. The largest absolute Gasteiger partial charge is 0.384 e. The molecular weight excluding hydrogens is 328 g/mol. The third kappa shape index (κ3) is 2.41. The predicted molar refractivity (Wildman–Crippen MR) is 100 cm³/mol. The Labute approximate surface area is 151 Å². The summed E-state index contributed by atoms with van der Waals surface area (Å²) in [6, 6.07) is 11.4. The number of hydrogen-bond donors (Lipinski definition) is 2. The predicted octanol–water partition coefficient (Wildman–Crippen LogP) is 2.70. The number of nitrogens with one attached hydrogen (secondary N) is 2.